The number of nitrogens with zero attached hydrogens (tertiary/aromatic N) is 3. The quantitative estimate of drug-likeness (QED) is 0.721. The fourth-order valence-corrected chi connectivity index (χ4v) is 3.37. The molecule has 6 nitrogen and oxygen atoms in total. The number of imidazole rings is 1. The van der Waals surface area contributed by atoms with Gasteiger partial charge in [-0.15, -0.1) is 0 Å². The number of carbonyl (C=O) groups excluding carboxylic acids is 2. The summed E-state index contributed by atoms with van der Waals surface area (Å²) < 4.78 is 2.01. The van der Waals surface area contributed by atoms with Crippen LogP contribution in [0.5, 0.6) is 0 Å². The summed E-state index contributed by atoms with van der Waals surface area (Å²) in [4.78, 5) is 30.2. The van der Waals surface area contributed by atoms with E-state index in [0.717, 1.165) is 30.8 Å². The van der Waals surface area contributed by atoms with Gasteiger partial charge in [-0.3, -0.25) is 9.59 Å². The highest BCUT2D eigenvalue weighted by molar-refractivity contribution is 5.99. The molecule has 0 spiro atoms. The number of amides is 2. The SMILES string of the molecule is O=C(NCc1ccc(Cn2ccnc2)cc1)c1cccc(N2CCCC2=O)c1. The number of hydrogen-bond acceptors (Lipinski definition) is 3. The topological polar surface area (TPSA) is 67.2 Å². The zero-order valence-corrected chi connectivity index (χ0v) is 15.5. The summed E-state index contributed by atoms with van der Waals surface area (Å²) in [7, 11) is 0. The summed E-state index contributed by atoms with van der Waals surface area (Å²) in [6.45, 7) is 1.95. The number of nitrogens with one attached hydrogen (secondary N) is 1. The third kappa shape index (κ3) is 4.11. The summed E-state index contributed by atoms with van der Waals surface area (Å²) in [5.74, 6) is -0.0238. The molecule has 0 aliphatic carbocycles. The lowest BCUT2D eigenvalue weighted by Gasteiger charge is -2.16. The molecular weight excluding hydrogens is 352 g/mol. The number of anilines is 1. The smallest absolute Gasteiger partial charge is 0.251 e. The number of carbonyl (C=O) groups is 2. The van der Waals surface area contributed by atoms with Crippen LogP contribution in [0.2, 0.25) is 0 Å². The summed E-state index contributed by atoms with van der Waals surface area (Å²) in [6.07, 6.45) is 6.92. The largest absolute Gasteiger partial charge is 0.348 e. The van der Waals surface area contributed by atoms with Crippen LogP contribution in [-0.4, -0.2) is 27.9 Å². The first-order valence-electron chi connectivity index (χ1n) is 9.41. The van der Waals surface area contributed by atoms with E-state index < -0.39 is 0 Å². The van der Waals surface area contributed by atoms with Crippen molar-refractivity contribution in [3.63, 3.8) is 0 Å². The van der Waals surface area contributed by atoms with Gasteiger partial charge in [-0.25, -0.2) is 4.98 Å². The molecule has 4 rings (SSSR count). The van der Waals surface area contributed by atoms with Gasteiger partial charge in [-0.2, -0.15) is 0 Å². The number of rotatable bonds is 6. The van der Waals surface area contributed by atoms with Crippen LogP contribution in [0.1, 0.15) is 34.3 Å². The molecule has 0 bridgehead atoms. The average Bonchev–Trinajstić information content (AvgIpc) is 3.39. The minimum Gasteiger partial charge on any atom is -0.348 e. The van der Waals surface area contributed by atoms with E-state index in [2.05, 4.69) is 22.4 Å². The molecule has 1 aromatic heterocycles. The highest BCUT2D eigenvalue weighted by atomic mass is 16.2. The van der Waals surface area contributed by atoms with Crippen LogP contribution >= 0.6 is 0 Å². The van der Waals surface area contributed by atoms with E-state index in [9.17, 15) is 9.59 Å². The van der Waals surface area contributed by atoms with Crippen molar-refractivity contribution in [1.29, 1.82) is 0 Å². The van der Waals surface area contributed by atoms with Crippen molar-refractivity contribution < 1.29 is 9.59 Å². The van der Waals surface area contributed by atoms with Crippen molar-refractivity contribution in [2.24, 2.45) is 0 Å². The Labute approximate surface area is 163 Å². The minimum absolute atomic E-state index is 0.119. The molecule has 0 saturated carbocycles. The van der Waals surface area contributed by atoms with Crippen LogP contribution in [0.15, 0.2) is 67.3 Å². The van der Waals surface area contributed by atoms with E-state index in [4.69, 9.17) is 0 Å². The number of hydrogen-bond donors (Lipinski definition) is 1. The van der Waals surface area contributed by atoms with Crippen LogP contribution in [0.4, 0.5) is 5.69 Å². The third-order valence-corrected chi connectivity index (χ3v) is 4.89. The molecule has 1 aliphatic heterocycles. The fourth-order valence-electron chi connectivity index (χ4n) is 3.37. The standard InChI is InChI=1S/C22H22N4O2/c27-21-5-2-11-26(21)20-4-1-3-19(13-20)22(28)24-14-17-6-8-18(9-7-17)15-25-12-10-23-16-25/h1,3-4,6-10,12-13,16H,2,5,11,14-15H2,(H,24,28). The van der Waals surface area contributed by atoms with Crippen LogP contribution in [0, 0.1) is 0 Å². The van der Waals surface area contributed by atoms with E-state index >= 15 is 0 Å². The van der Waals surface area contributed by atoms with Gasteiger partial charge in [0.1, 0.15) is 0 Å². The second-order valence-electron chi connectivity index (χ2n) is 6.93. The molecule has 1 N–H and O–H groups in total. The molecular formula is C22H22N4O2. The second-order valence-corrected chi connectivity index (χ2v) is 6.93. The van der Waals surface area contributed by atoms with Gasteiger partial charge in [0, 0.05) is 49.7 Å². The van der Waals surface area contributed by atoms with Gasteiger partial charge in [0.2, 0.25) is 5.91 Å². The molecule has 1 fully saturated rings. The lowest BCUT2D eigenvalue weighted by Crippen LogP contribution is -2.25. The van der Waals surface area contributed by atoms with Crippen molar-refractivity contribution in [1.82, 2.24) is 14.9 Å². The predicted molar refractivity (Wildman–Crippen MR) is 107 cm³/mol. The Hall–Kier alpha value is -3.41. The summed E-state index contributed by atoms with van der Waals surface area (Å²) in [5, 5.41) is 2.95. The highest BCUT2D eigenvalue weighted by Crippen LogP contribution is 2.22. The van der Waals surface area contributed by atoms with Crippen molar-refractivity contribution in [2.45, 2.75) is 25.9 Å². The van der Waals surface area contributed by atoms with Gasteiger partial charge in [-0.05, 0) is 35.7 Å². The van der Waals surface area contributed by atoms with Crippen LogP contribution < -0.4 is 10.2 Å². The van der Waals surface area contributed by atoms with Gasteiger partial charge in [0.25, 0.3) is 5.91 Å². The summed E-state index contributed by atoms with van der Waals surface area (Å²) in [5.41, 5.74) is 3.57. The van der Waals surface area contributed by atoms with Crippen LogP contribution in [0.25, 0.3) is 0 Å². The Morgan fingerprint density at radius 3 is 2.64 bits per heavy atom. The van der Waals surface area contributed by atoms with E-state index in [-0.39, 0.29) is 11.8 Å². The molecule has 142 valence electrons. The van der Waals surface area contributed by atoms with Crippen molar-refractivity contribution in [2.75, 3.05) is 11.4 Å². The Bertz CT molecular complexity index is 964. The van der Waals surface area contributed by atoms with Gasteiger partial charge in [0.15, 0.2) is 0 Å². The third-order valence-electron chi connectivity index (χ3n) is 4.89. The molecule has 2 amide bonds. The molecule has 1 aliphatic rings. The molecule has 2 aromatic carbocycles. The van der Waals surface area contributed by atoms with Crippen molar-refractivity contribution in [3.8, 4) is 0 Å². The maximum Gasteiger partial charge on any atom is 0.251 e. The summed E-state index contributed by atoms with van der Waals surface area (Å²) in [6, 6.07) is 15.4. The van der Waals surface area contributed by atoms with Gasteiger partial charge < -0.3 is 14.8 Å². The van der Waals surface area contributed by atoms with Gasteiger partial charge >= 0.3 is 0 Å². The monoisotopic (exact) mass is 374 g/mol. The Balaban J connectivity index is 1.36. The van der Waals surface area contributed by atoms with Crippen molar-refractivity contribution in [3.05, 3.63) is 83.9 Å². The maximum absolute atomic E-state index is 12.5. The molecule has 3 aromatic rings. The predicted octanol–water partition coefficient (Wildman–Crippen LogP) is 2.99. The molecule has 2 heterocycles. The average molecular weight is 374 g/mol. The fraction of sp³-hybridized carbons (Fsp3) is 0.227. The Morgan fingerprint density at radius 1 is 1.11 bits per heavy atom. The minimum atomic E-state index is -0.143. The molecule has 6 heteroatoms. The lowest BCUT2D eigenvalue weighted by atomic mass is 10.1. The van der Waals surface area contributed by atoms with E-state index in [1.807, 2.05) is 35.0 Å². The lowest BCUT2D eigenvalue weighted by molar-refractivity contribution is -0.117. The first-order valence-corrected chi connectivity index (χ1v) is 9.41. The molecule has 0 radical (unpaired) electrons. The summed E-state index contributed by atoms with van der Waals surface area (Å²) >= 11 is 0. The molecule has 28 heavy (non-hydrogen) atoms. The molecule has 0 atom stereocenters. The molecule has 1 saturated heterocycles. The molecule has 0 unspecified atom stereocenters. The van der Waals surface area contributed by atoms with Gasteiger partial charge in [0.05, 0.1) is 6.33 Å². The zero-order chi connectivity index (χ0) is 19.3. The first-order chi connectivity index (χ1) is 13.7. The van der Waals surface area contributed by atoms with Crippen LogP contribution in [-0.2, 0) is 17.9 Å². The van der Waals surface area contributed by atoms with Crippen LogP contribution in [0.3, 0.4) is 0 Å². The maximum atomic E-state index is 12.5. The first kappa shape index (κ1) is 18.0. The Morgan fingerprint density at radius 2 is 1.93 bits per heavy atom. The highest BCUT2D eigenvalue weighted by Gasteiger charge is 2.22. The number of benzene rings is 2. The van der Waals surface area contributed by atoms with E-state index in [1.54, 1.807) is 29.6 Å². The second kappa shape index (κ2) is 8.08. The van der Waals surface area contributed by atoms with E-state index in [0.29, 0.717) is 18.5 Å². The number of aromatic nitrogens is 2. The van der Waals surface area contributed by atoms with Crippen molar-refractivity contribution >= 4 is 17.5 Å². The normalized spacial score (nSPS) is 13.7. The zero-order valence-electron chi connectivity index (χ0n) is 15.5. The Kier molecular flexibility index (Phi) is 5.19. The van der Waals surface area contributed by atoms with Gasteiger partial charge in [-0.1, -0.05) is 30.3 Å². The van der Waals surface area contributed by atoms with E-state index in [1.165, 1.54) is 5.56 Å².